The molecule has 1 fully saturated rings. The predicted octanol–water partition coefficient (Wildman–Crippen LogP) is 1.98. The molecule has 1 aliphatic rings. The summed E-state index contributed by atoms with van der Waals surface area (Å²) in [6.45, 7) is 0.669. The molecule has 0 radical (unpaired) electrons. The molecule has 4 nitrogen and oxygen atoms in total. The number of hydrogen-bond acceptors (Lipinski definition) is 5. The van der Waals surface area contributed by atoms with Crippen molar-refractivity contribution in [2.24, 2.45) is 5.73 Å². The van der Waals surface area contributed by atoms with E-state index in [0.717, 1.165) is 28.9 Å². The van der Waals surface area contributed by atoms with Gasteiger partial charge in [0.1, 0.15) is 17.0 Å². The second-order valence-electron chi connectivity index (χ2n) is 4.32. The zero-order valence-electron chi connectivity index (χ0n) is 8.94. The van der Waals surface area contributed by atoms with Crippen LogP contribution in [-0.4, -0.2) is 22.1 Å². The summed E-state index contributed by atoms with van der Waals surface area (Å²) >= 11 is 1.64. The van der Waals surface area contributed by atoms with E-state index in [9.17, 15) is 0 Å². The Kier molecular flexibility index (Phi) is 2.29. The normalized spacial score (nSPS) is 18.3. The summed E-state index contributed by atoms with van der Waals surface area (Å²) in [5.41, 5.74) is 5.91. The highest BCUT2D eigenvalue weighted by Crippen LogP contribution is 2.35. The van der Waals surface area contributed by atoms with Gasteiger partial charge >= 0.3 is 0 Å². The van der Waals surface area contributed by atoms with Gasteiger partial charge in [-0.05, 0) is 30.7 Å². The smallest absolute Gasteiger partial charge is 0.138 e. The lowest BCUT2D eigenvalue weighted by atomic mass is 9.77. The van der Waals surface area contributed by atoms with Gasteiger partial charge in [-0.2, -0.15) is 0 Å². The molecule has 1 saturated carbocycles. The molecule has 3 N–H and O–H groups in total. The first kappa shape index (κ1) is 9.99. The van der Waals surface area contributed by atoms with Crippen LogP contribution in [0, 0.1) is 0 Å². The SMILES string of the molecule is NCC1(Nc2ncnc3sccc23)CCC1. The Morgan fingerprint density at radius 3 is 3.00 bits per heavy atom. The second-order valence-corrected chi connectivity index (χ2v) is 5.22. The highest BCUT2D eigenvalue weighted by Gasteiger charge is 2.36. The Morgan fingerprint density at radius 1 is 1.44 bits per heavy atom. The molecule has 0 saturated heterocycles. The van der Waals surface area contributed by atoms with Crippen LogP contribution < -0.4 is 11.1 Å². The van der Waals surface area contributed by atoms with E-state index in [4.69, 9.17) is 5.73 Å². The lowest BCUT2D eigenvalue weighted by Crippen LogP contribution is -2.51. The maximum atomic E-state index is 5.83. The van der Waals surface area contributed by atoms with E-state index < -0.39 is 0 Å². The fourth-order valence-electron chi connectivity index (χ4n) is 2.12. The molecule has 3 rings (SSSR count). The third kappa shape index (κ3) is 1.47. The number of rotatable bonds is 3. The summed E-state index contributed by atoms with van der Waals surface area (Å²) < 4.78 is 0. The van der Waals surface area contributed by atoms with E-state index in [0.29, 0.717) is 6.54 Å². The number of hydrogen-bond donors (Lipinski definition) is 2. The van der Waals surface area contributed by atoms with Crippen molar-refractivity contribution in [2.45, 2.75) is 24.8 Å². The molecule has 2 aromatic heterocycles. The third-order valence-corrected chi connectivity index (χ3v) is 4.17. The predicted molar refractivity (Wildman–Crippen MR) is 66.7 cm³/mol. The molecule has 84 valence electrons. The van der Waals surface area contributed by atoms with Crippen LogP contribution in [0.1, 0.15) is 19.3 Å². The maximum absolute atomic E-state index is 5.83. The lowest BCUT2D eigenvalue weighted by molar-refractivity contribution is 0.287. The molecule has 0 aliphatic heterocycles. The molecule has 0 aromatic carbocycles. The summed E-state index contributed by atoms with van der Waals surface area (Å²) in [6, 6.07) is 2.06. The number of thiophene rings is 1. The summed E-state index contributed by atoms with van der Waals surface area (Å²) in [7, 11) is 0. The monoisotopic (exact) mass is 234 g/mol. The minimum absolute atomic E-state index is 0.0726. The Balaban J connectivity index is 1.96. The van der Waals surface area contributed by atoms with Crippen molar-refractivity contribution in [3.05, 3.63) is 17.8 Å². The number of anilines is 1. The lowest BCUT2D eigenvalue weighted by Gasteiger charge is -2.42. The molecule has 1 aliphatic carbocycles. The molecule has 16 heavy (non-hydrogen) atoms. The van der Waals surface area contributed by atoms with Gasteiger partial charge in [0.15, 0.2) is 0 Å². The Hall–Kier alpha value is -1.20. The highest BCUT2D eigenvalue weighted by atomic mass is 32.1. The molecule has 0 bridgehead atoms. The van der Waals surface area contributed by atoms with Gasteiger partial charge in [0.05, 0.1) is 10.9 Å². The van der Waals surface area contributed by atoms with Crippen LogP contribution in [0.4, 0.5) is 5.82 Å². The summed E-state index contributed by atoms with van der Waals surface area (Å²) in [6.07, 6.45) is 5.14. The van der Waals surface area contributed by atoms with E-state index in [1.807, 2.05) is 5.38 Å². The standard InChI is InChI=1S/C11H14N4S/c12-6-11(3-1-4-11)15-9-8-2-5-16-10(8)14-7-13-9/h2,5,7H,1,3-4,6,12H2,(H,13,14,15). The van der Waals surface area contributed by atoms with Crippen LogP contribution in [0.3, 0.4) is 0 Å². The van der Waals surface area contributed by atoms with E-state index >= 15 is 0 Å². The van der Waals surface area contributed by atoms with Crippen molar-refractivity contribution in [3.63, 3.8) is 0 Å². The van der Waals surface area contributed by atoms with Crippen molar-refractivity contribution >= 4 is 27.4 Å². The van der Waals surface area contributed by atoms with E-state index in [1.54, 1.807) is 17.7 Å². The minimum atomic E-state index is 0.0726. The van der Waals surface area contributed by atoms with E-state index in [2.05, 4.69) is 21.4 Å². The first-order valence-corrected chi connectivity index (χ1v) is 6.37. The van der Waals surface area contributed by atoms with Crippen molar-refractivity contribution in [2.75, 3.05) is 11.9 Å². The fourth-order valence-corrected chi connectivity index (χ4v) is 2.86. The number of fused-ring (bicyclic) bond motifs is 1. The van der Waals surface area contributed by atoms with Crippen molar-refractivity contribution < 1.29 is 0 Å². The van der Waals surface area contributed by atoms with Gasteiger partial charge in [-0.25, -0.2) is 9.97 Å². The van der Waals surface area contributed by atoms with Gasteiger partial charge < -0.3 is 11.1 Å². The van der Waals surface area contributed by atoms with E-state index in [-0.39, 0.29) is 5.54 Å². The van der Waals surface area contributed by atoms with Crippen molar-refractivity contribution in [1.82, 2.24) is 9.97 Å². The van der Waals surface area contributed by atoms with Crippen LogP contribution in [-0.2, 0) is 0 Å². The fraction of sp³-hybridized carbons (Fsp3) is 0.455. The summed E-state index contributed by atoms with van der Waals surface area (Å²) in [5, 5.41) is 6.65. The zero-order valence-corrected chi connectivity index (χ0v) is 9.76. The maximum Gasteiger partial charge on any atom is 0.138 e. The van der Waals surface area contributed by atoms with Gasteiger partial charge in [0.25, 0.3) is 0 Å². The third-order valence-electron chi connectivity index (χ3n) is 3.35. The number of nitrogens with two attached hydrogens (primary N) is 1. The average Bonchev–Trinajstić information content (AvgIpc) is 2.72. The molecule has 0 amide bonds. The number of nitrogens with one attached hydrogen (secondary N) is 1. The largest absolute Gasteiger partial charge is 0.363 e. The molecular formula is C11H14N4S. The molecular weight excluding hydrogens is 220 g/mol. The van der Waals surface area contributed by atoms with Crippen molar-refractivity contribution in [3.8, 4) is 0 Å². The van der Waals surface area contributed by atoms with Gasteiger partial charge in [0, 0.05) is 6.54 Å². The molecule has 2 heterocycles. The van der Waals surface area contributed by atoms with Crippen LogP contribution in [0.15, 0.2) is 17.8 Å². The topological polar surface area (TPSA) is 63.8 Å². The summed E-state index contributed by atoms with van der Waals surface area (Å²) in [4.78, 5) is 9.59. The summed E-state index contributed by atoms with van der Waals surface area (Å²) in [5.74, 6) is 0.927. The van der Waals surface area contributed by atoms with Gasteiger partial charge in [-0.1, -0.05) is 0 Å². The van der Waals surface area contributed by atoms with Crippen LogP contribution in [0.2, 0.25) is 0 Å². The van der Waals surface area contributed by atoms with Crippen LogP contribution in [0.25, 0.3) is 10.2 Å². The molecule has 2 aromatic rings. The van der Waals surface area contributed by atoms with Gasteiger partial charge in [0.2, 0.25) is 0 Å². The Morgan fingerprint density at radius 2 is 2.31 bits per heavy atom. The average molecular weight is 234 g/mol. The second kappa shape index (κ2) is 3.68. The Bertz CT molecular complexity index is 498. The minimum Gasteiger partial charge on any atom is -0.363 e. The zero-order chi connectivity index (χ0) is 11.0. The van der Waals surface area contributed by atoms with Crippen LogP contribution in [0.5, 0.6) is 0 Å². The van der Waals surface area contributed by atoms with Crippen molar-refractivity contribution in [1.29, 1.82) is 0 Å². The molecule has 0 atom stereocenters. The quantitative estimate of drug-likeness (QED) is 0.852. The molecule has 5 heteroatoms. The number of nitrogens with zero attached hydrogens (tertiary/aromatic N) is 2. The van der Waals surface area contributed by atoms with Crippen LogP contribution >= 0.6 is 11.3 Å². The first-order valence-electron chi connectivity index (χ1n) is 5.49. The molecule has 0 unspecified atom stereocenters. The number of aromatic nitrogens is 2. The first-order chi connectivity index (χ1) is 7.83. The Labute approximate surface area is 97.9 Å². The highest BCUT2D eigenvalue weighted by molar-refractivity contribution is 7.16. The van der Waals surface area contributed by atoms with E-state index in [1.165, 1.54) is 6.42 Å². The van der Waals surface area contributed by atoms with Gasteiger partial charge in [-0.3, -0.25) is 0 Å². The van der Waals surface area contributed by atoms with Gasteiger partial charge in [-0.15, -0.1) is 11.3 Å². The molecule has 0 spiro atoms.